The molecule has 0 bridgehead atoms. The molecule has 0 amide bonds. The van der Waals surface area contributed by atoms with Crippen LogP contribution in [0.4, 0.5) is 0 Å². The molecule has 4 rings (SSSR count). The second-order valence-electron chi connectivity index (χ2n) is 4.87. The average molecular weight is 290 g/mol. The van der Waals surface area contributed by atoms with Gasteiger partial charge in [0.25, 0.3) is 5.56 Å². The number of fused-ring (bicyclic) bond motifs is 2. The first-order valence-corrected chi connectivity index (χ1v) is 6.75. The molecular weight excluding hydrogens is 280 g/mol. The molecule has 106 valence electrons. The van der Waals surface area contributed by atoms with Crippen molar-refractivity contribution in [3.63, 3.8) is 0 Å². The van der Waals surface area contributed by atoms with E-state index in [0.29, 0.717) is 16.9 Å². The van der Waals surface area contributed by atoms with Crippen LogP contribution < -0.4 is 11.2 Å². The van der Waals surface area contributed by atoms with Crippen LogP contribution in [0.15, 0.2) is 74.8 Å². The van der Waals surface area contributed by atoms with E-state index in [4.69, 9.17) is 4.42 Å². The summed E-state index contributed by atoms with van der Waals surface area (Å²) in [7, 11) is 0. The minimum absolute atomic E-state index is 0.0385. The molecule has 0 aliphatic carbocycles. The van der Waals surface area contributed by atoms with Gasteiger partial charge in [-0.15, -0.1) is 0 Å². The first-order valence-electron chi connectivity index (χ1n) is 6.75. The lowest BCUT2D eigenvalue weighted by Crippen LogP contribution is -2.21. The summed E-state index contributed by atoms with van der Waals surface area (Å²) in [6.07, 6.45) is 1.58. The lowest BCUT2D eigenvalue weighted by Gasteiger charge is -2.04. The fourth-order valence-electron chi connectivity index (χ4n) is 2.45. The van der Waals surface area contributed by atoms with Crippen molar-refractivity contribution in [2.24, 2.45) is 0 Å². The Morgan fingerprint density at radius 2 is 1.73 bits per heavy atom. The monoisotopic (exact) mass is 290 g/mol. The summed E-state index contributed by atoms with van der Waals surface area (Å²) in [6.45, 7) is 0. The Labute approximate surface area is 124 Å². The van der Waals surface area contributed by atoms with E-state index in [1.54, 1.807) is 30.5 Å². The normalized spacial score (nSPS) is 11.1. The maximum atomic E-state index is 12.4. The van der Waals surface area contributed by atoms with Crippen molar-refractivity contribution in [3.8, 4) is 11.3 Å². The molecule has 0 N–H and O–H groups in total. The third-order valence-electron chi connectivity index (χ3n) is 3.50. The third-order valence-corrected chi connectivity index (χ3v) is 3.50. The number of pyridine rings is 1. The average Bonchev–Trinajstić information content (AvgIpc) is 2.55. The number of benzene rings is 1. The Morgan fingerprint density at radius 3 is 2.55 bits per heavy atom. The van der Waals surface area contributed by atoms with Gasteiger partial charge in [-0.05, 0) is 12.1 Å². The van der Waals surface area contributed by atoms with Crippen LogP contribution in [0, 0.1) is 0 Å². The summed E-state index contributed by atoms with van der Waals surface area (Å²) < 4.78 is 6.63. The van der Waals surface area contributed by atoms with Gasteiger partial charge in [0.05, 0.1) is 5.52 Å². The molecule has 5 nitrogen and oxygen atoms in total. The topological polar surface area (TPSA) is 64.6 Å². The van der Waals surface area contributed by atoms with Gasteiger partial charge in [0.15, 0.2) is 5.39 Å². The van der Waals surface area contributed by atoms with Crippen LogP contribution in [0.5, 0.6) is 0 Å². The van der Waals surface area contributed by atoms with Crippen LogP contribution in [0.25, 0.3) is 27.9 Å². The van der Waals surface area contributed by atoms with E-state index in [0.717, 1.165) is 5.56 Å². The molecule has 22 heavy (non-hydrogen) atoms. The van der Waals surface area contributed by atoms with E-state index >= 15 is 0 Å². The first kappa shape index (κ1) is 12.5. The van der Waals surface area contributed by atoms with Crippen molar-refractivity contribution in [1.29, 1.82) is 0 Å². The van der Waals surface area contributed by atoms with Gasteiger partial charge < -0.3 is 4.42 Å². The SMILES string of the molecule is O=c1oc(-c2ccccc2)cc2nc3ccccn3c(=O)c12. The lowest BCUT2D eigenvalue weighted by atomic mass is 10.1. The molecule has 1 aromatic carbocycles. The molecule has 3 heterocycles. The predicted octanol–water partition coefficient (Wildman–Crippen LogP) is 2.47. The molecule has 0 saturated heterocycles. The van der Waals surface area contributed by atoms with Crippen LogP contribution in [-0.4, -0.2) is 9.38 Å². The van der Waals surface area contributed by atoms with Crippen molar-refractivity contribution < 1.29 is 4.42 Å². The minimum atomic E-state index is -0.674. The van der Waals surface area contributed by atoms with Gasteiger partial charge in [-0.2, -0.15) is 0 Å². The van der Waals surface area contributed by atoms with E-state index in [1.165, 1.54) is 4.40 Å². The summed E-state index contributed by atoms with van der Waals surface area (Å²) in [5, 5.41) is -0.0385. The molecule has 0 fully saturated rings. The van der Waals surface area contributed by atoms with Crippen molar-refractivity contribution >= 4 is 16.6 Å². The minimum Gasteiger partial charge on any atom is -0.422 e. The highest BCUT2D eigenvalue weighted by Crippen LogP contribution is 2.19. The van der Waals surface area contributed by atoms with E-state index in [2.05, 4.69) is 4.98 Å². The zero-order chi connectivity index (χ0) is 15.1. The second kappa shape index (κ2) is 4.66. The van der Waals surface area contributed by atoms with Crippen molar-refractivity contribution in [2.45, 2.75) is 0 Å². The Morgan fingerprint density at radius 1 is 0.955 bits per heavy atom. The Hall–Kier alpha value is -3.21. The molecule has 0 aliphatic rings. The van der Waals surface area contributed by atoms with Crippen LogP contribution in [0.2, 0.25) is 0 Å². The van der Waals surface area contributed by atoms with Crippen molar-refractivity contribution in [2.75, 3.05) is 0 Å². The number of hydrogen-bond acceptors (Lipinski definition) is 4. The summed E-state index contributed by atoms with van der Waals surface area (Å²) in [5.41, 5.74) is 0.494. The quantitative estimate of drug-likeness (QED) is 0.505. The standard InChI is InChI=1S/C17H10N2O3/c20-16-15-12(18-14-8-4-5-9-19(14)16)10-13(22-17(15)21)11-6-2-1-3-7-11/h1-10H. The summed E-state index contributed by atoms with van der Waals surface area (Å²) in [4.78, 5) is 29.0. The molecule has 0 spiro atoms. The van der Waals surface area contributed by atoms with Crippen LogP contribution >= 0.6 is 0 Å². The number of hydrogen-bond donors (Lipinski definition) is 0. The smallest absolute Gasteiger partial charge is 0.351 e. The fourth-order valence-corrected chi connectivity index (χ4v) is 2.45. The number of rotatable bonds is 1. The Balaban J connectivity index is 2.13. The Bertz CT molecular complexity index is 1110. The van der Waals surface area contributed by atoms with Gasteiger partial charge >= 0.3 is 5.63 Å². The van der Waals surface area contributed by atoms with Crippen molar-refractivity contribution in [3.05, 3.63) is 81.6 Å². The summed E-state index contributed by atoms with van der Waals surface area (Å²) in [6, 6.07) is 16.1. The van der Waals surface area contributed by atoms with Gasteiger partial charge in [-0.25, -0.2) is 9.78 Å². The highest BCUT2D eigenvalue weighted by molar-refractivity contribution is 5.81. The first-order chi connectivity index (χ1) is 10.7. The van der Waals surface area contributed by atoms with E-state index in [9.17, 15) is 9.59 Å². The Kier molecular flexibility index (Phi) is 2.66. The molecule has 5 heteroatoms. The highest BCUT2D eigenvalue weighted by Gasteiger charge is 2.13. The van der Waals surface area contributed by atoms with Crippen LogP contribution in [0.1, 0.15) is 0 Å². The number of nitrogens with zero attached hydrogens (tertiary/aromatic N) is 2. The molecule has 0 aliphatic heterocycles. The summed E-state index contributed by atoms with van der Waals surface area (Å²) in [5.74, 6) is 0.394. The van der Waals surface area contributed by atoms with Crippen molar-refractivity contribution in [1.82, 2.24) is 9.38 Å². The zero-order valence-electron chi connectivity index (χ0n) is 11.4. The highest BCUT2D eigenvalue weighted by atomic mass is 16.4. The fraction of sp³-hybridized carbons (Fsp3) is 0. The molecule has 0 saturated carbocycles. The second-order valence-corrected chi connectivity index (χ2v) is 4.87. The molecule has 0 atom stereocenters. The lowest BCUT2D eigenvalue weighted by molar-refractivity contribution is 0.533. The molecule has 0 unspecified atom stereocenters. The van der Waals surface area contributed by atoms with Gasteiger partial charge in [0, 0.05) is 17.8 Å². The zero-order valence-corrected chi connectivity index (χ0v) is 11.4. The number of aromatic nitrogens is 2. The molecule has 4 aromatic rings. The van der Waals surface area contributed by atoms with Crippen LogP contribution in [0.3, 0.4) is 0 Å². The summed E-state index contributed by atoms with van der Waals surface area (Å²) >= 11 is 0. The third kappa shape index (κ3) is 1.83. The maximum Gasteiger partial charge on any atom is 0.351 e. The largest absolute Gasteiger partial charge is 0.422 e. The van der Waals surface area contributed by atoms with E-state index in [-0.39, 0.29) is 5.39 Å². The van der Waals surface area contributed by atoms with Gasteiger partial charge in [-0.3, -0.25) is 9.20 Å². The van der Waals surface area contributed by atoms with E-state index < -0.39 is 11.2 Å². The molecule has 3 aromatic heterocycles. The maximum absolute atomic E-state index is 12.4. The van der Waals surface area contributed by atoms with Crippen LogP contribution in [-0.2, 0) is 0 Å². The van der Waals surface area contributed by atoms with Gasteiger partial charge in [-0.1, -0.05) is 36.4 Å². The van der Waals surface area contributed by atoms with E-state index in [1.807, 2.05) is 30.3 Å². The molecule has 0 radical (unpaired) electrons. The predicted molar refractivity (Wildman–Crippen MR) is 82.9 cm³/mol. The molecular formula is C17H10N2O3. The van der Waals surface area contributed by atoms with Gasteiger partial charge in [0.2, 0.25) is 0 Å². The van der Waals surface area contributed by atoms with Gasteiger partial charge in [0.1, 0.15) is 11.4 Å².